The lowest BCUT2D eigenvalue weighted by atomic mass is 10.0. The molecule has 0 saturated carbocycles. The number of rotatable bonds is 4. The van der Waals surface area contributed by atoms with Gasteiger partial charge in [0.1, 0.15) is 5.69 Å². The molecule has 3 aromatic rings. The molecule has 2 aromatic heterocycles. The van der Waals surface area contributed by atoms with E-state index < -0.39 is 0 Å². The van der Waals surface area contributed by atoms with Crippen molar-refractivity contribution >= 4 is 5.91 Å². The van der Waals surface area contributed by atoms with Gasteiger partial charge in [-0.2, -0.15) is 5.10 Å². The minimum atomic E-state index is 0.0118. The molecule has 0 bridgehead atoms. The van der Waals surface area contributed by atoms with Gasteiger partial charge in [-0.1, -0.05) is 18.2 Å². The van der Waals surface area contributed by atoms with Gasteiger partial charge >= 0.3 is 0 Å². The van der Waals surface area contributed by atoms with E-state index in [-0.39, 0.29) is 11.9 Å². The van der Waals surface area contributed by atoms with Crippen molar-refractivity contribution in [1.82, 2.24) is 25.0 Å². The normalized spacial score (nSPS) is 16.0. The standard InChI is InChI=1S/C23H27N5O/c1-16-7-8-19(14-17(16)2)21-15-22(26-25-21)23(29)28-12-10-27(11-13-28)18(3)20-6-4-5-9-24-20/h4-9,14-15,18H,10-13H2,1-3H3,(H,25,26). The molecule has 3 heterocycles. The minimum Gasteiger partial charge on any atom is -0.335 e. The molecule has 1 aliphatic heterocycles. The number of carbonyl (C=O) groups excluding carboxylic acids is 1. The number of pyridine rings is 1. The molecule has 29 heavy (non-hydrogen) atoms. The zero-order chi connectivity index (χ0) is 20.4. The number of carbonyl (C=O) groups is 1. The fraction of sp³-hybridized carbons (Fsp3) is 0.348. The summed E-state index contributed by atoms with van der Waals surface area (Å²) in [4.78, 5) is 21.7. The number of amides is 1. The van der Waals surface area contributed by atoms with Crippen molar-refractivity contribution in [2.75, 3.05) is 26.2 Å². The third-order valence-corrected chi connectivity index (χ3v) is 5.88. The summed E-state index contributed by atoms with van der Waals surface area (Å²) >= 11 is 0. The Morgan fingerprint density at radius 1 is 1.03 bits per heavy atom. The van der Waals surface area contributed by atoms with E-state index in [9.17, 15) is 4.79 Å². The number of aromatic nitrogens is 3. The molecule has 0 aliphatic carbocycles. The van der Waals surface area contributed by atoms with Crippen LogP contribution in [0.1, 0.15) is 40.3 Å². The highest BCUT2D eigenvalue weighted by molar-refractivity contribution is 5.93. The third-order valence-electron chi connectivity index (χ3n) is 5.88. The number of benzene rings is 1. The predicted octanol–water partition coefficient (Wildman–Crippen LogP) is 3.61. The maximum absolute atomic E-state index is 12.9. The van der Waals surface area contributed by atoms with Crippen LogP contribution in [0, 0.1) is 13.8 Å². The van der Waals surface area contributed by atoms with Crippen LogP contribution in [-0.4, -0.2) is 57.1 Å². The number of hydrogen-bond donors (Lipinski definition) is 1. The number of nitrogens with one attached hydrogen (secondary N) is 1. The predicted molar refractivity (Wildman–Crippen MR) is 114 cm³/mol. The van der Waals surface area contributed by atoms with E-state index in [1.807, 2.05) is 35.4 Å². The Kier molecular flexibility index (Phi) is 5.45. The first kappa shape index (κ1) is 19.3. The van der Waals surface area contributed by atoms with Gasteiger partial charge in [0.2, 0.25) is 0 Å². The third kappa shape index (κ3) is 4.07. The maximum atomic E-state index is 12.9. The Labute approximate surface area is 171 Å². The van der Waals surface area contributed by atoms with E-state index >= 15 is 0 Å². The fourth-order valence-corrected chi connectivity index (χ4v) is 3.77. The van der Waals surface area contributed by atoms with Crippen LogP contribution < -0.4 is 0 Å². The summed E-state index contributed by atoms with van der Waals surface area (Å²) in [6.07, 6.45) is 1.83. The van der Waals surface area contributed by atoms with Crippen molar-refractivity contribution in [3.05, 3.63) is 71.2 Å². The molecule has 1 unspecified atom stereocenters. The molecule has 1 saturated heterocycles. The molecular formula is C23H27N5O. The van der Waals surface area contributed by atoms with Crippen LogP contribution in [0.25, 0.3) is 11.3 Å². The van der Waals surface area contributed by atoms with Crippen LogP contribution in [0.5, 0.6) is 0 Å². The number of H-pyrrole nitrogens is 1. The SMILES string of the molecule is Cc1ccc(-c2cc(C(=O)N3CCN(C(C)c4ccccn4)CC3)[nH]n2)cc1C. The van der Waals surface area contributed by atoms with Crippen molar-refractivity contribution in [3.63, 3.8) is 0 Å². The largest absolute Gasteiger partial charge is 0.335 e. The Bertz CT molecular complexity index is 990. The summed E-state index contributed by atoms with van der Waals surface area (Å²) in [5, 5.41) is 7.30. The van der Waals surface area contributed by atoms with Gasteiger partial charge in [0.15, 0.2) is 0 Å². The highest BCUT2D eigenvalue weighted by Crippen LogP contribution is 2.23. The quantitative estimate of drug-likeness (QED) is 0.740. The number of nitrogens with zero attached hydrogens (tertiary/aromatic N) is 4. The summed E-state index contributed by atoms with van der Waals surface area (Å²) in [6.45, 7) is 9.42. The summed E-state index contributed by atoms with van der Waals surface area (Å²) in [5.74, 6) is 0.0118. The number of aromatic amines is 1. The van der Waals surface area contributed by atoms with E-state index in [4.69, 9.17) is 0 Å². The molecule has 0 radical (unpaired) electrons. The molecule has 1 amide bonds. The molecule has 6 heteroatoms. The molecule has 0 spiro atoms. The zero-order valence-electron chi connectivity index (χ0n) is 17.2. The van der Waals surface area contributed by atoms with E-state index in [0.29, 0.717) is 18.8 Å². The molecule has 1 N–H and O–H groups in total. The average Bonchev–Trinajstić information content (AvgIpc) is 3.25. The Morgan fingerprint density at radius 3 is 2.52 bits per heavy atom. The highest BCUT2D eigenvalue weighted by atomic mass is 16.2. The topological polar surface area (TPSA) is 65.1 Å². The van der Waals surface area contributed by atoms with Gasteiger partial charge in [-0.15, -0.1) is 0 Å². The smallest absolute Gasteiger partial charge is 0.271 e. The highest BCUT2D eigenvalue weighted by Gasteiger charge is 2.26. The summed E-state index contributed by atoms with van der Waals surface area (Å²) < 4.78 is 0. The molecule has 1 atom stereocenters. The van der Waals surface area contributed by atoms with Crippen molar-refractivity contribution < 1.29 is 4.79 Å². The number of aryl methyl sites for hydroxylation is 2. The van der Waals surface area contributed by atoms with Crippen molar-refractivity contribution in [2.45, 2.75) is 26.8 Å². The first-order valence-electron chi connectivity index (χ1n) is 10.1. The van der Waals surface area contributed by atoms with Crippen LogP contribution in [-0.2, 0) is 0 Å². The van der Waals surface area contributed by atoms with Gasteiger partial charge in [-0.05, 0) is 56.2 Å². The van der Waals surface area contributed by atoms with Gasteiger partial charge in [0, 0.05) is 44.0 Å². The van der Waals surface area contributed by atoms with Gasteiger partial charge in [0.25, 0.3) is 5.91 Å². The number of piperazine rings is 1. The lowest BCUT2D eigenvalue weighted by molar-refractivity contribution is 0.0573. The van der Waals surface area contributed by atoms with Crippen LogP contribution >= 0.6 is 0 Å². The fourth-order valence-electron chi connectivity index (χ4n) is 3.77. The summed E-state index contributed by atoms with van der Waals surface area (Å²) in [6, 6.07) is 14.4. The van der Waals surface area contributed by atoms with Crippen molar-refractivity contribution in [3.8, 4) is 11.3 Å². The van der Waals surface area contributed by atoms with E-state index in [2.05, 4.69) is 59.1 Å². The minimum absolute atomic E-state index is 0.0118. The molecule has 1 aromatic carbocycles. The molecule has 150 valence electrons. The van der Waals surface area contributed by atoms with E-state index in [0.717, 1.165) is 30.0 Å². The maximum Gasteiger partial charge on any atom is 0.271 e. The van der Waals surface area contributed by atoms with Crippen molar-refractivity contribution in [2.24, 2.45) is 0 Å². The second-order valence-corrected chi connectivity index (χ2v) is 7.72. The molecular weight excluding hydrogens is 362 g/mol. The lowest BCUT2D eigenvalue weighted by Gasteiger charge is -2.37. The molecule has 1 aliphatic rings. The summed E-state index contributed by atoms with van der Waals surface area (Å²) in [5.41, 5.74) is 5.91. The van der Waals surface area contributed by atoms with E-state index in [1.165, 1.54) is 11.1 Å². The molecule has 1 fully saturated rings. The average molecular weight is 390 g/mol. The Morgan fingerprint density at radius 2 is 1.83 bits per heavy atom. The van der Waals surface area contributed by atoms with E-state index in [1.54, 1.807) is 0 Å². The second-order valence-electron chi connectivity index (χ2n) is 7.72. The Balaban J connectivity index is 1.40. The lowest BCUT2D eigenvalue weighted by Crippen LogP contribution is -2.49. The van der Waals surface area contributed by atoms with Gasteiger partial charge < -0.3 is 4.90 Å². The van der Waals surface area contributed by atoms with Gasteiger partial charge in [-0.3, -0.25) is 19.8 Å². The van der Waals surface area contributed by atoms with Gasteiger partial charge in [0.05, 0.1) is 11.4 Å². The Hall–Kier alpha value is -2.99. The van der Waals surface area contributed by atoms with Crippen LogP contribution in [0.2, 0.25) is 0 Å². The first-order chi connectivity index (χ1) is 14.0. The zero-order valence-corrected chi connectivity index (χ0v) is 17.2. The first-order valence-corrected chi connectivity index (χ1v) is 10.1. The molecule has 6 nitrogen and oxygen atoms in total. The second kappa shape index (κ2) is 8.17. The summed E-state index contributed by atoms with van der Waals surface area (Å²) in [7, 11) is 0. The van der Waals surface area contributed by atoms with Crippen LogP contribution in [0.4, 0.5) is 0 Å². The van der Waals surface area contributed by atoms with Crippen molar-refractivity contribution in [1.29, 1.82) is 0 Å². The monoisotopic (exact) mass is 389 g/mol. The van der Waals surface area contributed by atoms with Crippen LogP contribution in [0.3, 0.4) is 0 Å². The van der Waals surface area contributed by atoms with Gasteiger partial charge in [-0.25, -0.2) is 0 Å². The molecule has 4 rings (SSSR count). The number of hydrogen-bond acceptors (Lipinski definition) is 4. The van der Waals surface area contributed by atoms with Crippen LogP contribution in [0.15, 0.2) is 48.7 Å².